The Bertz CT molecular complexity index is 769. The fraction of sp³-hybridized carbons (Fsp3) is 0.571. The number of nitrogens with zero attached hydrogens (tertiary/aromatic N) is 3. The predicted octanol–water partition coefficient (Wildman–Crippen LogP) is 2.21. The molecule has 1 atom stereocenters. The lowest BCUT2D eigenvalue weighted by Gasteiger charge is -2.29. The van der Waals surface area contributed by atoms with Gasteiger partial charge >= 0.3 is 0 Å². The van der Waals surface area contributed by atoms with Gasteiger partial charge in [-0.05, 0) is 23.6 Å². The van der Waals surface area contributed by atoms with Crippen molar-refractivity contribution in [2.24, 2.45) is 7.05 Å². The van der Waals surface area contributed by atoms with Gasteiger partial charge in [0.1, 0.15) is 11.6 Å². The molecule has 3 rings (SSSR count). The number of rotatable bonds is 8. The van der Waals surface area contributed by atoms with Crippen molar-refractivity contribution in [3.63, 3.8) is 0 Å². The van der Waals surface area contributed by atoms with Crippen LogP contribution in [-0.4, -0.2) is 54.8 Å². The van der Waals surface area contributed by atoms with E-state index in [9.17, 15) is 5.11 Å². The summed E-state index contributed by atoms with van der Waals surface area (Å²) in [6, 6.07) is 7.56. The molecular formula is C21H32N4O3. The number of benzene rings is 1. The van der Waals surface area contributed by atoms with Gasteiger partial charge in [0.25, 0.3) is 0 Å². The van der Waals surface area contributed by atoms with Crippen molar-refractivity contribution >= 4 is 5.82 Å². The van der Waals surface area contributed by atoms with Crippen LogP contribution < -0.4 is 15.0 Å². The fourth-order valence-electron chi connectivity index (χ4n) is 3.68. The van der Waals surface area contributed by atoms with E-state index in [0.29, 0.717) is 19.0 Å². The minimum absolute atomic E-state index is 0.334. The van der Waals surface area contributed by atoms with Crippen LogP contribution in [0, 0.1) is 0 Å². The summed E-state index contributed by atoms with van der Waals surface area (Å²) in [5, 5.41) is 18.8. The summed E-state index contributed by atoms with van der Waals surface area (Å²) >= 11 is 0. The van der Waals surface area contributed by atoms with E-state index in [1.54, 1.807) is 7.11 Å². The van der Waals surface area contributed by atoms with Crippen LogP contribution in [0.3, 0.4) is 0 Å². The fourth-order valence-corrected chi connectivity index (χ4v) is 3.68. The standard InChI is InChI=1S/C21H32N4O3/c1-15(2)20-18(21(24(3)23-20)25-8-10-28-11-9-25)13-22-14-19(26)16-6-5-7-17(12-16)27-4/h5-7,12,15,19,22,26H,8-11,13-14H2,1-4H3/t19-/m1/s1. The largest absolute Gasteiger partial charge is 0.497 e. The highest BCUT2D eigenvalue weighted by Gasteiger charge is 2.24. The number of aliphatic hydroxyl groups excluding tert-OH is 1. The number of aryl methyl sites for hydroxylation is 1. The molecule has 2 aromatic rings. The molecule has 1 aromatic carbocycles. The molecule has 1 aromatic heterocycles. The maximum absolute atomic E-state index is 10.6. The molecule has 7 nitrogen and oxygen atoms in total. The summed E-state index contributed by atoms with van der Waals surface area (Å²) in [5.41, 5.74) is 3.15. The first-order chi connectivity index (χ1) is 13.5. The molecule has 2 heterocycles. The number of nitrogens with one attached hydrogen (secondary N) is 1. The Morgan fingerprint density at radius 2 is 2.04 bits per heavy atom. The van der Waals surface area contributed by atoms with E-state index in [0.717, 1.165) is 49.1 Å². The third-order valence-electron chi connectivity index (χ3n) is 5.12. The van der Waals surface area contributed by atoms with Crippen molar-refractivity contribution in [1.82, 2.24) is 15.1 Å². The molecule has 0 amide bonds. The van der Waals surface area contributed by atoms with Crippen LogP contribution in [0.1, 0.15) is 42.7 Å². The first-order valence-electron chi connectivity index (χ1n) is 9.92. The Labute approximate surface area is 167 Å². The van der Waals surface area contributed by atoms with E-state index in [-0.39, 0.29) is 0 Å². The molecule has 7 heteroatoms. The molecule has 0 unspecified atom stereocenters. The number of ether oxygens (including phenoxy) is 2. The number of aliphatic hydroxyl groups is 1. The second-order valence-corrected chi connectivity index (χ2v) is 7.49. The minimum Gasteiger partial charge on any atom is -0.497 e. The summed E-state index contributed by atoms with van der Waals surface area (Å²) in [6.45, 7) is 8.68. The molecular weight excluding hydrogens is 356 g/mol. The molecule has 1 aliphatic heterocycles. The van der Waals surface area contributed by atoms with Gasteiger partial charge in [-0.3, -0.25) is 4.68 Å². The van der Waals surface area contributed by atoms with Crippen molar-refractivity contribution in [2.75, 3.05) is 44.9 Å². The SMILES string of the molecule is COc1cccc([C@H](O)CNCc2c(C(C)C)nn(C)c2N2CCOCC2)c1. The number of aromatic nitrogens is 2. The van der Waals surface area contributed by atoms with Gasteiger partial charge in [-0.25, -0.2) is 0 Å². The molecule has 1 saturated heterocycles. The predicted molar refractivity (Wildman–Crippen MR) is 110 cm³/mol. The summed E-state index contributed by atoms with van der Waals surface area (Å²) in [6.07, 6.45) is -0.596. The van der Waals surface area contributed by atoms with Crippen LogP contribution in [0.25, 0.3) is 0 Å². The van der Waals surface area contributed by atoms with Gasteiger partial charge in [0.2, 0.25) is 0 Å². The van der Waals surface area contributed by atoms with Gasteiger partial charge in [0, 0.05) is 38.8 Å². The maximum atomic E-state index is 10.6. The van der Waals surface area contributed by atoms with E-state index in [1.807, 2.05) is 36.0 Å². The zero-order valence-electron chi connectivity index (χ0n) is 17.3. The number of morpholine rings is 1. The van der Waals surface area contributed by atoms with Gasteiger partial charge in [0.15, 0.2) is 0 Å². The monoisotopic (exact) mass is 388 g/mol. The van der Waals surface area contributed by atoms with Crippen LogP contribution in [0.4, 0.5) is 5.82 Å². The minimum atomic E-state index is -0.596. The average Bonchev–Trinajstić information content (AvgIpc) is 3.05. The second-order valence-electron chi connectivity index (χ2n) is 7.49. The molecule has 0 saturated carbocycles. The Kier molecular flexibility index (Phi) is 6.93. The van der Waals surface area contributed by atoms with E-state index >= 15 is 0 Å². The average molecular weight is 389 g/mol. The highest BCUT2D eigenvalue weighted by atomic mass is 16.5. The molecule has 1 fully saturated rings. The van der Waals surface area contributed by atoms with E-state index < -0.39 is 6.10 Å². The topological polar surface area (TPSA) is 71.8 Å². The highest BCUT2D eigenvalue weighted by Crippen LogP contribution is 2.29. The third-order valence-corrected chi connectivity index (χ3v) is 5.12. The Hall–Kier alpha value is -2.09. The molecule has 0 spiro atoms. The summed E-state index contributed by atoms with van der Waals surface area (Å²) in [7, 11) is 3.64. The van der Waals surface area contributed by atoms with Gasteiger partial charge in [-0.15, -0.1) is 0 Å². The molecule has 154 valence electrons. The van der Waals surface area contributed by atoms with E-state index in [1.165, 1.54) is 5.56 Å². The van der Waals surface area contributed by atoms with Crippen LogP contribution in [0.15, 0.2) is 24.3 Å². The maximum Gasteiger partial charge on any atom is 0.131 e. The number of methoxy groups -OCH3 is 1. The van der Waals surface area contributed by atoms with E-state index in [2.05, 4.69) is 24.1 Å². The lowest BCUT2D eigenvalue weighted by molar-refractivity contribution is 0.122. The first-order valence-corrected chi connectivity index (χ1v) is 9.92. The highest BCUT2D eigenvalue weighted by molar-refractivity contribution is 5.51. The third kappa shape index (κ3) is 4.66. The van der Waals surface area contributed by atoms with Gasteiger partial charge in [-0.2, -0.15) is 5.10 Å². The van der Waals surface area contributed by atoms with Crippen molar-refractivity contribution < 1.29 is 14.6 Å². The second kappa shape index (κ2) is 9.41. The molecule has 0 radical (unpaired) electrons. The van der Waals surface area contributed by atoms with Crippen LogP contribution >= 0.6 is 0 Å². The molecule has 0 bridgehead atoms. The smallest absolute Gasteiger partial charge is 0.131 e. The molecule has 2 N–H and O–H groups in total. The van der Waals surface area contributed by atoms with Gasteiger partial charge < -0.3 is 24.8 Å². The van der Waals surface area contributed by atoms with Crippen molar-refractivity contribution in [3.05, 3.63) is 41.1 Å². The zero-order chi connectivity index (χ0) is 20.1. The Morgan fingerprint density at radius 3 is 2.71 bits per heavy atom. The van der Waals surface area contributed by atoms with E-state index in [4.69, 9.17) is 14.6 Å². The quantitative estimate of drug-likeness (QED) is 0.723. The van der Waals surface area contributed by atoms with Crippen LogP contribution in [-0.2, 0) is 18.3 Å². The van der Waals surface area contributed by atoms with Crippen molar-refractivity contribution in [2.45, 2.75) is 32.4 Å². The van der Waals surface area contributed by atoms with Crippen molar-refractivity contribution in [1.29, 1.82) is 0 Å². The molecule has 0 aliphatic carbocycles. The number of hydrogen-bond donors (Lipinski definition) is 2. The Morgan fingerprint density at radius 1 is 1.29 bits per heavy atom. The summed E-state index contributed by atoms with van der Waals surface area (Å²) < 4.78 is 12.7. The van der Waals surface area contributed by atoms with Crippen LogP contribution in [0.5, 0.6) is 5.75 Å². The normalized spacial score (nSPS) is 15.9. The molecule has 28 heavy (non-hydrogen) atoms. The number of anilines is 1. The van der Waals surface area contributed by atoms with Crippen molar-refractivity contribution in [3.8, 4) is 5.75 Å². The first kappa shape index (κ1) is 20.6. The zero-order valence-corrected chi connectivity index (χ0v) is 17.3. The summed E-state index contributed by atoms with van der Waals surface area (Å²) in [5.74, 6) is 2.23. The van der Waals surface area contributed by atoms with Gasteiger partial charge in [0.05, 0.1) is 32.1 Å². The van der Waals surface area contributed by atoms with Gasteiger partial charge in [-0.1, -0.05) is 26.0 Å². The number of hydrogen-bond acceptors (Lipinski definition) is 6. The summed E-state index contributed by atoms with van der Waals surface area (Å²) in [4.78, 5) is 2.35. The molecule has 1 aliphatic rings. The lowest BCUT2D eigenvalue weighted by atomic mass is 10.0. The van der Waals surface area contributed by atoms with Crippen LogP contribution in [0.2, 0.25) is 0 Å². The lowest BCUT2D eigenvalue weighted by Crippen LogP contribution is -2.38. The Balaban J connectivity index is 1.72.